The lowest BCUT2D eigenvalue weighted by Gasteiger charge is -2.26. The third-order valence-corrected chi connectivity index (χ3v) is 6.59. The fourth-order valence-electron chi connectivity index (χ4n) is 3.99. The van der Waals surface area contributed by atoms with E-state index in [9.17, 15) is 44.1 Å². The van der Waals surface area contributed by atoms with Gasteiger partial charge in [0, 0.05) is 6.54 Å². The lowest BCUT2D eigenvalue weighted by molar-refractivity contribution is -0.142. The maximum Gasteiger partial charge on any atom is 0.326 e. The highest BCUT2D eigenvalue weighted by atomic mass is 16.4. The van der Waals surface area contributed by atoms with E-state index in [4.69, 9.17) is 22.9 Å². The summed E-state index contributed by atoms with van der Waals surface area (Å²) in [6.45, 7) is 3.66. The zero-order valence-corrected chi connectivity index (χ0v) is 26.7. The van der Waals surface area contributed by atoms with E-state index < -0.39 is 85.0 Å². The molecule has 0 aromatic heterocycles. The van der Waals surface area contributed by atoms with Crippen molar-refractivity contribution in [2.75, 3.05) is 26.3 Å². The fraction of sp³-hybridized carbons (Fsp3) is 0.741. The number of rotatable bonds is 23. The molecule has 0 aromatic rings. The van der Waals surface area contributed by atoms with Crippen LogP contribution in [0.4, 0.5) is 0 Å². The van der Waals surface area contributed by atoms with Crippen LogP contribution in [0.1, 0.15) is 59.3 Å². The summed E-state index contributed by atoms with van der Waals surface area (Å²) in [6, 6.07) is -7.75. The summed E-state index contributed by atoms with van der Waals surface area (Å²) in [5, 5.41) is 40.7. The van der Waals surface area contributed by atoms with Crippen LogP contribution in [0.5, 0.6) is 0 Å². The maximum atomic E-state index is 13.0. The lowest BCUT2D eigenvalue weighted by atomic mass is 10.0. The second-order valence-corrected chi connectivity index (χ2v) is 11.1. The van der Waals surface area contributed by atoms with Crippen molar-refractivity contribution >= 4 is 41.5 Å². The van der Waals surface area contributed by atoms with Crippen LogP contribution in [0, 0.1) is 5.92 Å². The van der Waals surface area contributed by atoms with E-state index >= 15 is 0 Å². The first-order chi connectivity index (χ1) is 21.6. The van der Waals surface area contributed by atoms with Gasteiger partial charge in [-0.3, -0.25) is 29.0 Å². The molecule has 0 bridgehead atoms. The molecule has 0 radical (unpaired) electrons. The largest absolute Gasteiger partial charge is 0.480 e. The lowest BCUT2D eigenvalue weighted by Crippen LogP contribution is -2.60. The molecule has 16 N–H and O–H groups in total. The highest BCUT2D eigenvalue weighted by Crippen LogP contribution is 2.08. The third-order valence-electron chi connectivity index (χ3n) is 6.59. The minimum Gasteiger partial charge on any atom is -0.480 e. The van der Waals surface area contributed by atoms with Gasteiger partial charge in [0.1, 0.15) is 30.2 Å². The highest BCUT2D eigenvalue weighted by molar-refractivity contribution is 5.96. The van der Waals surface area contributed by atoms with Gasteiger partial charge < -0.3 is 64.8 Å². The van der Waals surface area contributed by atoms with Crippen LogP contribution in [-0.4, -0.2) is 119 Å². The monoisotopic (exact) mass is 660 g/mol. The van der Waals surface area contributed by atoms with E-state index in [2.05, 4.69) is 31.6 Å². The van der Waals surface area contributed by atoms with E-state index in [0.29, 0.717) is 25.8 Å². The Morgan fingerprint density at radius 1 is 0.674 bits per heavy atom. The number of hydrogen-bond acceptors (Lipinski definition) is 11. The molecular formula is C27H52N10O9. The number of nitrogens with zero attached hydrogens (tertiary/aromatic N) is 1. The summed E-state index contributed by atoms with van der Waals surface area (Å²) in [7, 11) is 0. The number of aliphatic hydroxyl groups excluding tert-OH is 2. The van der Waals surface area contributed by atoms with Gasteiger partial charge in [0.15, 0.2) is 5.96 Å². The molecule has 19 nitrogen and oxygen atoms in total. The van der Waals surface area contributed by atoms with Gasteiger partial charge in [0.2, 0.25) is 29.5 Å². The molecule has 19 heteroatoms. The molecule has 0 saturated carbocycles. The summed E-state index contributed by atoms with van der Waals surface area (Å²) >= 11 is 0. The molecule has 46 heavy (non-hydrogen) atoms. The van der Waals surface area contributed by atoms with Crippen molar-refractivity contribution in [3.05, 3.63) is 0 Å². The number of carboxylic acid groups (broad SMARTS) is 1. The van der Waals surface area contributed by atoms with Crippen LogP contribution in [-0.2, 0) is 28.8 Å². The van der Waals surface area contributed by atoms with Crippen LogP contribution < -0.4 is 49.5 Å². The average Bonchev–Trinajstić information content (AvgIpc) is 2.98. The number of carbonyl (C=O) groups is 6. The molecule has 5 amide bonds. The van der Waals surface area contributed by atoms with Crippen molar-refractivity contribution in [2.24, 2.45) is 33.8 Å². The van der Waals surface area contributed by atoms with Gasteiger partial charge in [-0.2, -0.15) is 0 Å². The number of guanidine groups is 1. The van der Waals surface area contributed by atoms with Crippen molar-refractivity contribution in [2.45, 2.75) is 95.5 Å². The fourth-order valence-corrected chi connectivity index (χ4v) is 3.99. The van der Waals surface area contributed by atoms with Gasteiger partial charge >= 0.3 is 5.97 Å². The predicted molar refractivity (Wildman–Crippen MR) is 167 cm³/mol. The zero-order chi connectivity index (χ0) is 35.4. The quantitative estimate of drug-likeness (QED) is 0.0278. The average molecular weight is 661 g/mol. The summed E-state index contributed by atoms with van der Waals surface area (Å²) in [5.41, 5.74) is 21.7. The van der Waals surface area contributed by atoms with E-state index in [1.165, 1.54) is 6.92 Å². The Labute approximate surface area is 268 Å². The summed E-state index contributed by atoms with van der Waals surface area (Å²) in [6.07, 6.45) is 1.87. The Balaban J connectivity index is 5.30. The van der Waals surface area contributed by atoms with E-state index in [1.54, 1.807) is 13.8 Å². The number of amides is 5. The molecule has 0 fully saturated rings. The molecule has 0 aromatic carbocycles. The first-order valence-electron chi connectivity index (χ1n) is 15.0. The SMILES string of the molecule is CC(C)C[C@H](NC(=O)[C@H](CO)NC(=O)[C@H](CO)NC(=O)[C@H](C)NC(=O)[C@@H](N)CCCN=C(N)N)C(=O)N[C@@H](CCCCN)C(=O)O. The second-order valence-electron chi connectivity index (χ2n) is 11.1. The van der Waals surface area contributed by atoms with Crippen LogP contribution in [0.15, 0.2) is 4.99 Å². The molecule has 0 unspecified atom stereocenters. The van der Waals surface area contributed by atoms with Crippen molar-refractivity contribution in [1.82, 2.24) is 26.6 Å². The molecule has 0 rings (SSSR count). The molecule has 0 aliphatic carbocycles. The van der Waals surface area contributed by atoms with Crippen LogP contribution >= 0.6 is 0 Å². The predicted octanol–water partition coefficient (Wildman–Crippen LogP) is -4.94. The first-order valence-corrected chi connectivity index (χ1v) is 15.0. The van der Waals surface area contributed by atoms with Crippen molar-refractivity contribution < 1.29 is 44.1 Å². The molecule has 0 heterocycles. The van der Waals surface area contributed by atoms with E-state index in [-0.39, 0.29) is 37.7 Å². The Bertz CT molecular complexity index is 1040. The maximum absolute atomic E-state index is 13.0. The van der Waals surface area contributed by atoms with Crippen molar-refractivity contribution in [3.8, 4) is 0 Å². The van der Waals surface area contributed by atoms with Crippen LogP contribution in [0.3, 0.4) is 0 Å². The molecule has 264 valence electrons. The summed E-state index contributed by atoms with van der Waals surface area (Å²) in [5.74, 6) is -5.76. The van der Waals surface area contributed by atoms with Crippen molar-refractivity contribution in [1.29, 1.82) is 0 Å². The molecule has 0 spiro atoms. The smallest absolute Gasteiger partial charge is 0.326 e. The van der Waals surface area contributed by atoms with E-state index in [0.717, 1.165) is 0 Å². The Hall–Kier alpha value is -4.07. The highest BCUT2D eigenvalue weighted by Gasteiger charge is 2.32. The molecule has 6 atom stereocenters. The number of aliphatic carboxylic acids is 1. The summed E-state index contributed by atoms with van der Waals surface area (Å²) in [4.78, 5) is 79.1. The van der Waals surface area contributed by atoms with Gasteiger partial charge in [-0.15, -0.1) is 0 Å². The van der Waals surface area contributed by atoms with Crippen LogP contribution in [0.25, 0.3) is 0 Å². The number of carboxylic acids is 1. The number of carbonyl (C=O) groups excluding carboxylic acids is 5. The molecule has 0 aliphatic rings. The number of nitrogens with two attached hydrogens (primary N) is 4. The molecule has 0 saturated heterocycles. The van der Waals surface area contributed by atoms with Gasteiger partial charge in [-0.25, -0.2) is 4.79 Å². The Morgan fingerprint density at radius 2 is 1.17 bits per heavy atom. The topological polar surface area (TPSA) is 340 Å². The molecule has 0 aliphatic heterocycles. The Kier molecular flexibility index (Phi) is 20.5. The van der Waals surface area contributed by atoms with E-state index in [1.807, 2.05) is 0 Å². The second kappa shape index (κ2) is 22.4. The number of nitrogens with one attached hydrogen (secondary N) is 5. The van der Waals surface area contributed by atoms with Gasteiger partial charge in [0.05, 0.1) is 19.3 Å². The normalized spacial score (nSPS) is 14.9. The van der Waals surface area contributed by atoms with Gasteiger partial charge in [-0.05, 0) is 57.9 Å². The van der Waals surface area contributed by atoms with Gasteiger partial charge in [-0.1, -0.05) is 13.8 Å². The standard InChI is InChI=1S/C27H52N10O9/c1-14(2)11-18(23(42)34-17(26(45)46)8-4-5-9-28)35-24(43)20(13-39)37-25(44)19(12-38)36-21(40)15(3)33-22(41)16(29)7-6-10-32-27(30)31/h14-20,38-39H,4-13,28-29H2,1-3H3,(H,33,41)(H,34,42)(H,35,43)(H,36,40)(H,37,44)(H,45,46)(H4,30,31,32)/t15-,16-,17-,18-,19-,20-/m0/s1. The number of aliphatic hydroxyl groups is 2. The molecular weight excluding hydrogens is 608 g/mol. The first kappa shape index (κ1) is 41.9. The van der Waals surface area contributed by atoms with Crippen molar-refractivity contribution in [3.63, 3.8) is 0 Å². The number of hydrogen-bond donors (Lipinski definition) is 12. The van der Waals surface area contributed by atoms with Crippen LogP contribution in [0.2, 0.25) is 0 Å². The Morgan fingerprint density at radius 3 is 1.65 bits per heavy atom. The number of aliphatic imine (C=N–C) groups is 1. The number of unbranched alkanes of at least 4 members (excludes halogenated alkanes) is 1. The third kappa shape index (κ3) is 16.8. The van der Waals surface area contributed by atoms with Gasteiger partial charge in [0.25, 0.3) is 0 Å². The minimum absolute atomic E-state index is 0.101. The minimum atomic E-state index is -1.60. The zero-order valence-electron chi connectivity index (χ0n) is 26.7. The summed E-state index contributed by atoms with van der Waals surface area (Å²) < 4.78 is 0.